The predicted molar refractivity (Wildman–Crippen MR) is 94.5 cm³/mol. The van der Waals surface area contributed by atoms with Crippen molar-refractivity contribution < 1.29 is 9.72 Å². The van der Waals surface area contributed by atoms with E-state index in [9.17, 15) is 14.9 Å². The van der Waals surface area contributed by atoms with Crippen molar-refractivity contribution in [1.29, 1.82) is 0 Å². The van der Waals surface area contributed by atoms with Crippen molar-refractivity contribution in [2.75, 3.05) is 5.32 Å². The van der Waals surface area contributed by atoms with Crippen molar-refractivity contribution >= 4 is 17.3 Å². The Hall–Kier alpha value is -2.89. The van der Waals surface area contributed by atoms with Crippen molar-refractivity contribution in [3.8, 4) is 0 Å². The monoisotopic (exact) mass is 337 g/mol. The van der Waals surface area contributed by atoms with Crippen molar-refractivity contribution in [2.45, 2.75) is 38.4 Å². The summed E-state index contributed by atoms with van der Waals surface area (Å²) in [7, 11) is 0. The number of nitrogens with zero attached hydrogens (tertiary/aromatic N) is 2. The van der Waals surface area contributed by atoms with Gasteiger partial charge in [-0.05, 0) is 31.4 Å². The van der Waals surface area contributed by atoms with E-state index in [1.807, 2.05) is 42.2 Å². The van der Waals surface area contributed by atoms with Gasteiger partial charge in [0.2, 0.25) is 0 Å². The molecule has 4 rings (SSSR count). The van der Waals surface area contributed by atoms with Gasteiger partial charge in [0.05, 0.1) is 10.5 Å². The second kappa shape index (κ2) is 5.88. The lowest BCUT2D eigenvalue weighted by atomic mass is 10.0. The predicted octanol–water partition coefficient (Wildman–Crippen LogP) is 3.89. The Morgan fingerprint density at radius 3 is 2.68 bits per heavy atom. The van der Waals surface area contributed by atoms with Crippen molar-refractivity contribution in [1.82, 2.24) is 4.90 Å². The number of anilines is 1. The van der Waals surface area contributed by atoms with Gasteiger partial charge in [-0.3, -0.25) is 14.9 Å². The summed E-state index contributed by atoms with van der Waals surface area (Å²) in [4.78, 5) is 25.9. The van der Waals surface area contributed by atoms with Gasteiger partial charge in [-0.1, -0.05) is 31.2 Å². The van der Waals surface area contributed by atoms with Gasteiger partial charge in [0.1, 0.15) is 6.17 Å². The fourth-order valence-corrected chi connectivity index (χ4v) is 3.46. The number of fused-ring (bicyclic) bond motifs is 1. The first-order chi connectivity index (χ1) is 12.1. The van der Waals surface area contributed by atoms with Crippen LogP contribution in [0.3, 0.4) is 0 Å². The molecule has 0 radical (unpaired) electrons. The molecule has 1 aliphatic heterocycles. The van der Waals surface area contributed by atoms with Crippen molar-refractivity contribution in [3.63, 3.8) is 0 Å². The fraction of sp³-hybridized carbons (Fsp3) is 0.316. The highest BCUT2D eigenvalue weighted by molar-refractivity contribution is 6.02. The number of para-hydroxylation sites is 1. The van der Waals surface area contributed by atoms with Gasteiger partial charge in [-0.25, -0.2) is 0 Å². The first-order valence-electron chi connectivity index (χ1n) is 8.55. The SMILES string of the molecule is CCc1ccc([C@@H]2Nc3ccccc3C(=O)N2C2CC2)cc1[N+](=O)[O-]. The molecular formula is C19H19N3O3. The molecule has 1 amide bonds. The Labute approximate surface area is 145 Å². The Balaban J connectivity index is 1.80. The van der Waals surface area contributed by atoms with Crippen LogP contribution in [0.1, 0.15) is 47.4 Å². The van der Waals surface area contributed by atoms with E-state index in [1.165, 1.54) is 0 Å². The van der Waals surface area contributed by atoms with Crippen LogP contribution in [0, 0.1) is 10.1 Å². The highest BCUT2D eigenvalue weighted by Gasteiger charge is 2.42. The van der Waals surface area contributed by atoms with Gasteiger partial charge in [-0.15, -0.1) is 0 Å². The lowest BCUT2D eigenvalue weighted by Crippen LogP contribution is -2.44. The van der Waals surface area contributed by atoms with E-state index in [1.54, 1.807) is 12.1 Å². The van der Waals surface area contributed by atoms with Crippen molar-refractivity contribution in [2.24, 2.45) is 0 Å². The third-order valence-electron chi connectivity index (χ3n) is 4.91. The maximum atomic E-state index is 13.0. The van der Waals surface area contributed by atoms with E-state index in [0.717, 1.165) is 24.1 Å². The van der Waals surface area contributed by atoms with Crippen LogP contribution in [-0.4, -0.2) is 21.8 Å². The molecule has 2 aromatic rings. The van der Waals surface area contributed by atoms with Gasteiger partial charge in [-0.2, -0.15) is 0 Å². The number of nitro benzene ring substituents is 1. The zero-order valence-corrected chi connectivity index (χ0v) is 13.9. The van der Waals surface area contributed by atoms with Crippen LogP contribution in [0.25, 0.3) is 0 Å². The third kappa shape index (κ3) is 2.63. The van der Waals surface area contributed by atoms with Crippen LogP contribution in [0.5, 0.6) is 0 Å². The summed E-state index contributed by atoms with van der Waals surface area (Å²) in [6.07, 6.45) is 2.17. The summed E-state index contributed by atoms with van der Waals surface area (Å²) >= 11 is 0. The molecular weight excluding hydrogens is 318 g/mol. The van der Waals surface area contributed by atoms with E-state index in [-0.39, 0.29) is 28.7 Å². The number of amides is 1. The summed E-state index contributed by atoms with van der Waals surface area (Å²) in [5, 5.41) is 14.8. The lowest BCUT2D eigenvalue weighted by Gasteiger charge is -2.38. The smallest absolute Gasteiger partial charge is 0.272 e. The molecule has 128 valence electrons. The quantitative estimate of drug-likeness (QED) is 0.678. The third-order valence-corrected chi connectivity index (χ3v) is 4.91. The summed E-state index contributed by atoms with van der Waals surface area (Å²) in [5.41, 5.74) is 3.00. The van der Waals surface area contributed by atoms with Gasteiger partial charge in [0.15, 0.2) is 0 Å². The van der Waals surface area contributed by atoms with Crippen LogP contribution < -0.4 is 5.32 Å². The standard InChI is InChI=1S/C19H19N3O3/c1-2-12-7-8-13(11-17(12)22(24)25)18-20-16-6-4-3-5-15(16)19(23)21(18)14-9-10-14/h3-8,11,14,18,20H,2,9-10H2,1H3/t18-/m1/s1. The Bertz CT molecular complexity index is 861. The normalized spacial score (nSPS) is 19.3. The molecule has 2 aliphatic rings. The van der Waals surface area contributed by atoms with Gasteiger partial charge >= 0.3 is 0 Å². The molecule has 1 saturated carbocycles. The second-order valence-electron chi connectivity index (χ2n) is 6.53. The number of aryl methyl sites for hydroxylation is 1. The van der Waals surface area contributed by atoms with Gasteiger partial charge in [0, 0.05) is 28.9 Å². The summed E-state index contributed by atoms with van der Waals surface area (Å²) in [5.74, 6) is -0.0101. The number of carbonyl (C=O) groups is 1. The molecule has 0 aromatic heterocycles. The average molecular weight is 337 g/mol. The number of benzene rings is 2. The lowest BCUT2D eigenvalue weighted by molar-refractivity contribution is -0.385. The first kappa shape index (κ1) is 15.6. The van der Waals surface area contributed by atoms with E-state index < -0.39 is 0 Å². The molecule has 0 unspecified atom stereocenters. The number of hydrogen-bond acceptors (Lipinski definition) is 4. The molecule has 0 bridgehead atoms. The van der Waals surface area contributed by atoms with Gasteiger partial charge in [0.25, 0.3) is 11.6 Å². The van der Waals surface area contributed by atoms with Crippen LogP contribution in [-0.2, 0) is 6.42 Å². The van der Waals surface area contributed by atoms with Crippen LogP contribution in [0.15, 0.2) is 42.5 Å². The maximum Gasteiger partial charge on any atom is 0.272 e. The Morgan fingerprint density at radius 2 is 2.00 bits per heavy atom. The van der Waals surface area contributed by atoms with Crippen LogP contribution in [0.4, 0.5) is 11.4 Å². The summed E-state index contributed by atoms with van der Waals surface area (Å²) < 4.78 is 0. The Kier molecular flexibility index (Phi) is 3.67. The molecule has 2 aromatic carbocycles. The van der Waals surface area contributed by atoms with Crippen LogP contribution in [0.2, 0.25) is 0 Å². The zero-order chi connectivity index (χ0) is 17.6. The maximum absolute atomic E-state index is 13.0. The molecule has 0 spiro atoms. The minimum atomic E-state index is -0.375. The van der Waals surface area contributed by atoms with E-state index in [2.05, 4.69) is 5.32 Å². The molecule has 6 nitrogen and oxygen atoms in total. The molecule has 6 heteroatoms. The summed E-state index contributed by atoms with van der Waals surface area (Å²) in [6, 6.07) is 12.9. The molecule has 1 N–H and O–H groups in total. The van der Waals surface area contributed by atoms with E-state index >= 15 is 0 Å². The largest absolute Gasteiger partial charge is 0.361 e. The van der Waals surface area contributed by atoms with Gasteiger partial charge < -0.3 is 10.2 Å². The number of hydrogen-bond donors (Lipinski definition) is 1. The van der Waals surface area contributed by atoms with E-state index in [4.69, 9.17) is 0 Å². The molecule has 0 saturated heterocycles. The molecule has 1 fully saturated rings. The number of rotatable bonds is 4. The average Bonchev–Trinajstić information content (AvgIpc) is 3.46. The number of carbonyl (C=O) groups excluding carboxylic acids is 1. The number of nitrogens with one attached hydrogen (secondary N) is 1. The second-order valence-corrected chi connectivity index (χ2v) is 6.53. The van der Waals surface area contributed by atoms with Crippen molar-refractivity contribution in [3.05, 3.63) is 69.3 Å². The molecule has 1 heterocycles. The summed E-state index contributed by atoms with van der Waals surface area (Å²) in [6.45, 7) is 1.90. The highest BCUT2D eigenvalue weighted by Crippen LogP contribution is 2.41. The van der Waals surface area contributed by atoms with Crippen LogP contribution >= 0.6 is 0 Å². The minimum absolute atomic E-state index is 0.0101. The zero-order valence-electron chi connectivity index (χ0n) is 13.9. The molecule has 25 heavy (non-hydrogen) atoms. The Morgan fingerprint density at radius 1 is 1.24 bits per heavy atom. The topological polar surface area (TPSA) is 75.5 Å². The van der Waals surface area contributed by atoms with E-state index in [0.29, 0.717) is 17.5 Å². The molecule has 1 atom stereocenters. The minimum Gasteiger partial charge on any atom is -0.361 e. The first-order valence-corrected chi connectivity index (χ1v) is 8.55. The molecule has 1 aliphatic carbocycles. The fourth-order valence-electron chi connectivity index (χ4n) is 3.46. The highest BCUT2D eigenvalue weighted by atomic mass is 16.6. The number of nitro groups is 1.